The van der Waals surface area contributed by atoms with Crippen LogP contribution in [0, 0.1) is 0 Å². The van der Waals surface area contributed by atoms with Gasteiger partial charge in [0, 0.05) is 17.7 Å². The summed E-state index contributed by atoms with van der Waals surface area (Å²) in [6.07, 6.45) is 5.88. The van der Waals surface area contributed by atoms with Gasteiger partial charge in [-0.05, 0) is 6.08 Å². The van der Waals surface area contributed by atoms with Crippen LogP contribution in [0.5, 0.6) is 0 Å². The normalized spacial score (nSPS) is 10.5. The Hall–Kier alpha value is -0.820. The summed E-state index contributed by atoms with van der Waals surface area (Å²) in [4.78, 5) is 0. The van der Waals surface area contributed by atoms with E-state index in [-0.39, 0.29) is 0 Å². The summed E-state index contributed by atoms with van der Waals surface area (Å²) in [5, 5.41) is 0. The van der Waals surface area contributed by atoms with Gasteiger partial charge in [-0.2, -0.15) is 0 Å². The molecule has 0 saturated carbocycles. The third kappa shape index (κ3) is 2.19. The second-order valence-corrected chi connectivity index (χ2v) is 2.19. The molecule has 2 heteroatoms. The van der Waals surface area contributed by atoms with E-state index in [0.717, 1.165) is 6.54 Å². The zero-order valence-electron chi connectivity index (χ0n) is 5.57. The highest BCUT2D eigenvalue weighted by atomic mass is 35.5. The lowest BCUT2D eigenvalue weighted by atomic mass is 10.5. The Morgan fingerprint density at radius 3 is 2.50 bits per heavy atom. The smallest absolute Gasteiger partial charge is 0.169 e. The van der Waals surface area contributed by atoms with Crippen LogP contribution in [-0.4, -0.2) is 0 Å². The largest absolute Gasteiger partial charge is 0.201 e. The van der Waals surface area contributed by atoms with E-state index < -0.39 is 0 Å². The van der Waals surface area contributed by atoms with E-state index in [0.29, 0.717) is 0 Å². The van der Waals surface area contributed by atoms with Gasteiger partial charge in [-0.15, -0.1) is 0 Å². The van der Waals surface area contributed by atoms with Crippen molar-refractivity contribution in [1.82, 2.24) is 0 Å². The summed E-state index contributed by atoms with van der Waals surface area (Å²) in [7, 11) is 0. The van der Waals surface area contributed by atoms with Gasteiger partial charge in [-0.25, -0.2) is 4.57 Å². The maximum Gasteiger partial charge on any atom is 0.169 e. The van der Waals surface area contributed by atoms with E-state index in [1.165, 1.54) is 5.54 Å². The molecular weight excluding hydrogens is 146 g/mol. The van der Waals surface area contributed by atoms with Crippen LogP contribution in [0.25, 0.3) is 0 Å². The van der Waals surface area contributed by atoms with Gasteiger partial charge in [0.25, 0.3) is 0 Å². The Kier molecular flexibility index (Phi) is 2.97. The van der Waals surface area contributed by atoms with Crippen LogP contribution in [0.2, 0.25) is 0 Å². The number of aromatic nitrogens is 1. The Balaban J connectivity index is 2.59. The number of hydrogen-bond donors (Lipinski definition) is 0. The average Bonchev–Trinajstić information content (AvgIpc) is 2.03. The average molecular weight is 155 g/mol. The first kappa shape index (κ1) is 7.29. The van der Waals surface area contributed by atoms with Crippen molar-refractivity contribution < 1.29 is 4.57 Å². The zero-order valence-corrected chi connectivity index (χ0v) is 6.33. The third-order valence-electron chi connectivity index (χ3n) is 1.18. The minimum atomic E-state index is 0.838. The minimum absolute atomic E-state index is 0.838. The van der Waals surface area contributed by atoms with E-state index in [1.807, 2.05) is 41.2 Å². The minimum Gasteiger partial charge on any atom is -0.201 e. The molecule has 0 fully saturated rings. The van der Waals surface area contributed by atoms with Crippen molar-refractivity contribution in [3.05, 3.63) is 42.2 Å². The number of allylic oxidation sites excluding steroid dienone is 1. The van der Waals surface area contributed by atoms with Crippen molar-refractivity contribution in [2.75, 3.05) is 0 Å². The van der Waals surface area contributed by atoms with Crippen molar-refractivity contribution in [2.24, 2.45) is 0 Å². The number of hydrogen-bond acceptors (Lipinski definition) is 0. The Bertz CT molecular complexity index is 206. The quantitative estimate of drug-likeness (QED) is 0.572. The molecule has 0 saturated heterocycles. The second kappa shape index (κ2) is 4.07. The summed E-state index contributed by atoms with van der Waals surface area (Å²) < 4.78 is 2.04. The molecule has 1 rings (SSSR count). The maximum absolute atomic E-state index is 5.36. The van der Waals surface area contributed by atoms with Crippen molar-refractivity contribution in [3.63, 3.8) is 0 Å². The predicted molar refractivity (Wildman–Crippen MR) is 41.6 cm³/mol. The first-order valence-corrected chi connectivity index (χ1v) is 3.56. The molecule has 0 atom stereocenters. The third-order valence-corrected chi connectivity index (χ3v) is 1.36. The zero-order chi connectivity index (χ0) is 7.23. The van der Waals surface area contributed by atoms with E-state index in [4.69, 9.17) is 11.6 Å². The lowest BCUT2D eigenvalue weighted by molar-refractivity contribution is -0.687. The summed E-state index contributed by atoms with van der Waals surface area (Å²) >= 11 is 5.36. The number of rotatable bonds is 2. The first-order valence-electron chi connectivity index (χ1n) is 3.13. The molecule has 0 spiro atoms. The highest BCUT2D eigenvalue weighted by Crippen LogP contribution is 1.80. The molecule has 0 aromatic carbocycles. The summed E-state index contributed by atoms with van der Waals surface area (Å²) in [5.41, 5.74) is 1.53. The van der Waals surface area contributed by atoms with Gasteiger partial charge < -0.3 is 0 Å². The molecular formula is C8H9ClN+. The van der Waals surface area contributed by atoms with E-state index in [1.54, 1.807) is 0 Å². The first-order chi connectivity index (χ1) is 4.93. The van der Waals surface area contributed by atoms with Gasteiger partial charge in [-0.3, -0.25) is 0 Å². The molecule has 0 amide bonds. The maximum atomic E-state index is 5.36. The van der Waals surface area contributed by atoms with Gasteiger partial charge in [0.05, 0.1) is 0 Å². The van der Waals surface area contributed by atoms with E-state index >= 15 is 0 Å². The standard InChI is InChI=1S/C8H9ClN/c9-5-4-8-10-6-2-1-3-7-10/h1-7H,8H2/q+1/b5-4-. The molecule has 1 aromatic rings. The summed E-state index contributed by atoms with van der Waals surface area (Å²) in [6, 6.07) is 5.96. The molecule has 0 bridgehead atoms. The predicted octanol–water partition coefficient (Wildman–Crippen LogP) is 1.73. The van der Waals surface area contributed by atoms with Crippen LogP contribution >= 0.6 is 11.6 Å². The fourth-order valence-electron chi connectivity index (χ4n) is 0.718. The number of halogens is 1. The Morgan fingerprint density at radius 1 is 1.20 bits per heavy atom. The lowest BCUT2D eigenvalue weighted by Crippen LogP contribution is -2.30. The van der Waals surface area contributed by atoms with Gasteiger partial charge in [0.15, 0.2) is 18.9 Å². The van der Waals surface area contributed by atoms with Crippen molar-refractivity contribution in [2.45, 2.75) is 6.54 Å². The van der Waals surface area contributed by atoms with Crippen molar-refractivity contribution >= 4 is 11.6 Å². The highest BCUT2D eigenvalue weighted by Gasteiger charge is 1.89. The Morgan fingerprint density at radius 2 is 1.90 bits per heavy atom. The fourth-order valence-corrected chi connectivity index (χ4v) is 0.797. The van der Waals surface area contributed by atoms with Gasteiger partial charge in [0.2, 0.25) is 0 Å². The molecule has 0 radical (unpaired) electrons. The van der Waals surface area contributed by atoms with Crippen molar-refractivity contribution in [1.29, 1.82) is 0 Å². The second-order valence-electron chi connectivity index (χ2n) is 1.93. The molecule has 10 heavy (non-hydrogen) atoms. The molecule has 1 aromatic heterocycles. The molecule has 1 nitrogen and oxygen atoms in total. The lowest BCUT2D eigenvalue weighted by Gasteiger charge is -1.86. The van der Waals surface area contributed by atoms with Crippen molar-refractivity contribution in [3.8, 4) is 0 Å². The summed E-state index contributed by atoms with van der Waals surface area (Å²) in [6.45, 7) is 0.838. The number of nitrogens with zero attached hydrogens (tertiary/aromatic N) is 1. The van der Waals surface area contributed by atoms with Gasteiger partial charge in [-0.1, -0.05) is 17.7 Å². The van der Waals surface area contributed by atoms with Crippen LogP contribution in [0.15, 0.2) is 42.2 Å². The monoisotopic (exact) mass is 154 g/mol. The van der Waals surface area contributed by atoms with Crippen LogP contribution in [0.3, 0.4) is 0 Å². The number of pyridine rings is 1. The fraction of sp³-hybridized carbons (Fsp3) is 0.125. The van der Waals surface area contributed by atoms with Crippen LogP contribution in [0.1, 0.15) is 0 Å². The van der Waals surface area contributed by atoms with E-state index in [2.05, 4.69) is 0 Å². The molecule has 1 heterocycles. The van der Waals surface area contributed by atoms with Gasteiger partial charge >= 0.3 is 0 Å². The van der Waals surface area contributed by atoms with E-state index in [9.17, 15) is 0 Å². The molecule has 0 unspecified atom stereocenters. The molecule has 0 aliphatic heterocycles. The molecule has 0 N–H and O–H groups in total. The highest BCUT2D eigenvalue weighted by molar-refractivity contribution is 6.25. The molecule has 52 valence electrons. The molecule has 0 aliphatic carbocycles. The van der Waals surface area contributed by atoms with Crippen LogP contribution < -0.4 is 4.57 Å². The SMILES string of the molecule is Cl/C=C\C[n+]1ccccc1. The topological polar surface area (TPSA) is 3.88 Å². The van der Waals surface area contributed by atoms with Crippen LogP contribution in [-0.2, 0) is 6.54 Å². The van der Waals surface area contributed by atoms with Crippen LogP contribution in [0.4, 0.5) is 0 Å². The summed E-state index contributed by atoms with van der Waals surface area (Å²) in [5.74, 6) is 0. The van der Waals surface area contributed by atoms with Gasteiger partial charge in [0.1, 0.15) is 0 Å². The Labute approximate surface area is 65.6 Å². The molecule has 0 aliphatic rings.